The molecular formula is C26H32N4O5. The van der Waals surface area contributed by atoms with Gasteiger partial charge < -0.3 is 30.3 Å². The molecule has 1 saturated carbocycles. The minimum absolute atomic E-state index is 0.191. The van der Waals surface area contributed by atoms with Crippen LogP contribution in [0.1, 0.15) is 56.7 Å². The molecule has 0 radical (unpaired) electrons. The van der Waals surface area contributed by atoms with Gasteiger partial charge in [-0.1, -0.05) is 12.1 Å². The molecule has 0 unspecified atom stereocenters. The number of nitrogens with one attached hydrogen (secondary N) is 3. The summed E-state index contributed by atoms with van der Waals surface area (Å²) in [6.07, 6.45) is 4.62. The molecule has 35 heavy (non-hydrogen) atoms. The number of carbonyl (C=O) groups excluding carboxylic acids is 3. The summed E-state index contributed by atoms with van der Waals surface area (Å²) in [5.74, 6) is 0.944. The van der Waals surface area contributed by atoms with E-state index in [0.29, 0.717) is 36.0 Å². The molecule has 2 fully saturated rings. The molecule has 1 atom stereocenters. The van der Waals surface area contributed by atoms with E-state index in [1.165, 1.54) is 26.7 Å². The lowest BCUT2D eigenvalue weighted by atomic mass is 10.1. The Hall–Kier alpha value is -3.75. The van der Waals surface area contributed by atoms with Crippen LogP contribution >= 0.6 is 0 Å². The Bertz CT molecular complexity index is 1110. The quantitative estimate of drug-likeness (QED) is 0.525. The number of ether oxygens (including phenoxy) is 2. The molecular weight excluding hydrogens is 448 g/mol. The number of nitrogens with zero attached hydrogens (tertiary/aromatic N) is 1. The van der Waals surface area contributed by atoms with Gasteiger partial charge in [-0.2, -0.15) is 0 Å². The van der Waals surface area contributed by atoms with E-state index in [1.54, 1.807) is 30.2 Å². The van der Waals surface area contributed by atoms with Crippen molar-refractivity contribution < 1.29 is 23.9 Å². The highest BCUT2D eigenvalue weighted by Crippen LogP contribution is 2.35. The average molecular weight is 481 g/mol. The smallest absolute Gasteiger partial charge is 0.318 e. The molecule has 0 bridgehead atoms. The lowest BCUT2D eigenvalue weighted by Gasteiger charge is -2.19. The number of amides is 4. The minimum atomic E-state index is -0.233. The fourth-order valence-electron chi connectivity index (χ4n) is 4.61. The van der Waals surface area contributed by atoms with Gasteiger partial charge in [0.1, 0.15) is 0 Å². The summed E-state index contributed by atoms with van der Waals surface area (Å²) in [4.78, 5) is 37.6. The fraction of sp³-hybridized carbons (Fsp3) is 0.423. The van der Waals surface area contributed by atoms with E-state index in [1.807, 2.05) is 18.2 Å². The molecule has 2 aliphatic rings. The predicted molar refractivity (Wildman–Crippen MR) is 133 cm³/mol. The summed E-state index contributed by atoms with van der Waals surface area (Å²) in [5, 5.41) is 8.55. The van der Waals surface area contributed by atoms with Crippen LogP contribution in [0.4, 0.5) is 16.2 Å². The molecule has 186 valence electrons. The minimum Gasteiger partial charge on any atom is -0.493 e. The van der Waals surface area contributed by atoms with Gasteiger partial charge in [-0.15, -0.1) is 0 Å². The normalized spacial score (nSPS) is 17.7. The van der Waals surface area contributed by atoms with Crippen LogP contribution < -0.4 is 25.4 Å². The summed E-state index contributed by atoms with van der Waals surface area (Å²) in [7, 11) is 1.62. The molecule has 1 aliphatic carbocycles. The Labute approximate surface area is 205 Å². The van der Waals surface area contributed by atoms with Gasteiger partial charge in [-0.3, -0.25) is 9.59 Å². The molecule has 9 nitrogen and oxygen atoms in total. The molecule has 3 N–H and O–H groups in total. The summed E-state index contributed by atoms with van der Waals surface area (Å²) in [6.45, 7) is 3.60. The second kappa shape index (κ2) is 10.7. The SMILES string of the molecule is COc1ccc([C@@H]2CN(Cc3ccc(NC(C)=O)cc3NC(C)=O)C(=O)N2)cc1OC1CCCC1. The van der Waals surface area contributed by atoms with Crippen LogP contribution in [0.5, 0.6) is 11.5 Å². The summed E-state index contributed by atoms with van der Waals surface area (Å²) in [5.41, 5.74) is 2.83. The number of benzene rings is 2. The van der Waals surface area contributed by atoms with Crippen molar-refractivity contribution in [1.29, 1.82) is 0 Å². The maximum atomic E-state index is 12.8. The molecule has 1 heterocycles. The Morgan fingerprint density at radius 1 is 1.03 bits per heavy atom. The van der Waals surface area contributed by atoms with E-state index in [9.17, 15) is 14.4 Å². The van der Waals surface area contributed by atoms with Gasteiger partial charge in [0.15, 0.2) is 11.5 Å². The lowest BCUT2D eigenvalue weighted by Crippen LogP contribution is -2.28. The van der Waals surface area contributed by atoms with Gasteiger partial charge >= 0.3 is 6.03 Å². The molecule has 0 aromatic heterocycles. The molecule has 2 aromatic rings. The topological polar surface area (TPSA) is 109 Å². The number of anilines is 2. The third kappa shape index (κ3) is 6.03. The van der Waals surface area contributed by atoms with Crippen molar-refractivity contribution in [1.82, 2.24) is 10.2 Å². The third-order valence-corrected chi connectivity index (χ3v) is 6.28. The molecule has 4 rings (SSSR count). The van der Waals surface area contributed by atoms with Gasteiger partial charge in [-0.05, 0) is 61.1 Å². The van der Waals surface area contributed by atoms with Crippen LogP contribution in [-0.4, -0.2) is 42.5 Å². The Balaban J connectivity index is 1.50. The number of carbonyl (C=O) groups is 3. The van der Waals surface area contributed by atoms with E-state index in [4.69, 9.17) is 9.47 Å². The van der Waals surface area contributed by atoms with E-state index >= 15 is 0 Å². The molecule has 2 aromatic carbocycles. The van der Waals surface area contributed by atoms with Crippen molar-refractivity contribution in [3.05, 3.63) is 47.5 Å². The summed E-state index contributed by atoms with van der Waals surface area (Å²) >= 11 is 0. The van der Waals surface area contributed by atoms with Gasteiger partial charge in [0.25, 0.3) is 0 Å². The van der Waals surface area contributed by atoms with Crippen LogP contribution in [-0.2, 0) is 16.1 Å². The monoisotopic (exact) mass is 480 g/mol. The Kier molecular flexibility index (Phi) is 7.43. The van der Waals surface area contributed by atoms with Crippen LogP contribution in [0.2, 0.25) is 0 Å². The highest BCUT2D eigenvalue weighted by atomic mass is 16.5. The van der Waals surface area contributed by atoms with Gasteiger partial charge in [-0.25, -0.2) is 4.79 Å². The van der Waals surface area contributed by atoms with Crippen molar-refractivity contribution in [2.24, 2.45) is 0 Å². The first kappa shape index (κ1) is 24.4. The second-order valence-electron chi connectivity index (χ2n) is 9.05. The fourth-order valence-corrected chi connectivity index (χ4v) is 4.61. The second-order valence-corrected chi connectivity index (χ2v) is 9.05. The van der Waals surface area contributed by atoms with Gasteiger partial charge in [0.2, 0.25) is 11.8 Å². The van der Waals surface area contributed by atoms with Crippen LogP contribution in [0.3, 0.4) is 0 Å². The van der Waals surface area contributed by atoms with E-state index in [-0.39, 0.29) is 30.0 Å². The molecule has 1 aliphatic heterocycles. The Morgan fingerprint density at radius 3 is 2.46 bits per heavy atom. The molecule has 9 heteroatoms. The largest absolute Gasteiger partial charge is 0.493 e. The molecule has 0 spiro atoms. The molecule has 4 amide bonds. The number of hydrogen-bond donors (Lipinski definition) is 3. The van der Waals surface area contributed by atoms with Crippen molar-refractivity contribution in [3.8, 4) is 11.5 Å². The van der Waals surface area contributed by atoms with Crippen molar-refractivity contribution >= 4 is 29.2 Å². The van der Waals surface area contributed by atoms with Crippen molar-refractivity contribution in [2.75, 3.05) is 24.3 Å². The van der Waals surface area contributed by atoms with Gasteiger partial charge in [0.05, 0.1) is 19.3 Å². The number of methoxy groups -OCH3 is 1. The first-order chi connectivity index (χ1) is 16.8. The van der Waals surface area contributed by atoms with Crippen LogP contribution in [0.25, 0.3) is 0 Å². The summed E-state index contributed by atoms with van der Waals surface area (Å²) < 4.78 is 11.7. The van der Waals surface area contributed by atoms with Crippen molar-refractivity contribution in [2.45, 2.75) is 58.2 Å². The predicted octanol–water partition coefficient (Wildman–Crippen LogP) is 4.20. The Morgan fingerprint density at radius 2 is 1.77 bits per heavy atom. The zero-order valence-corrected chi connectivity index (χ0v) is 20.3. The van der Waals surface area contributed by atoms with E-state index in [2.05, 4.69) is 16.0 Å². The van der Waals surface area contributed by atoms with Crippen LogP contribution in [0, 0.1) is 0 Å². The van der Waals surface area contributed by atoms with E-state index < -0.39 is 0 Å². The maximum absolute atomic E-state index is 12.8. The number of urea groups is 1. The zero-order valence-electron chi connectivity index (χ0n) is 20.3. The lowest BCUT2D eigenvalue weighted by molar-refractivity contribution is -0.115. The van der Waals surface area contributed by atoms with Crippen molar-refractivity contribution in [3.63, 3.8) is 0 Å². The van der Waals surface area contributed by atoms with Crippen LogP contribution in [0.15, 0.2) is 36.4 Å². The first-order valence-electron chi connectivity index (χ1n) is 11.9. The summed E-state index contributed by atoms with van der Waals surface area (Å²) in [6, 6.07) is 10.6. The zero-order chi connectivity index (χ0) is 24.9. The average Bonchev–Trinajstić information content (AvgIpc) is 3.44. The highest BCUT2D eigenvalue weighted by molar-refractivity contribution is 5.93. The number of rotatable bonds is 8. The maximum Gasteiger partial charge on any atom is 0.318 e. The first-order valence-corrected chi connectivity index (χ1v) is 11.9. The molecule has 1 saturated heterocycles. The highest BCUT2D eigenvalue weighted by Gasteiger charge is 2.31. The third-order valence-electron chi connectivity index (χ3n) is 6.28. The number of hydrogen-bond acceptors (Lipinski definition) is 5. The standard InChI is InChI=1S/C26H32N4O5/c1-16(31)27-20-10-8-19(22(13-20)28-17(2)32)14-30-15-23(29-26(30)33)18-9-11-24(34-3)25(12-18)35-21-6-4-5-7-21/h8-13,21,23H,4-7,14-15H2,1-3H3,(H,27,31)(H,28,32)(H,29,33)/t23-/m0/s1. The van der Waals surface area contributed by atoms with Gasteiger partial charge in [0, 0.05) is 38.3 Å². The van der Waals surface area contributed by atoms with E-state index in [0.717, 1.165) is 24.0 Å².